The molecule has 2 atom stereocenters. The SMILES string of the molecule is COC(=O)c1ccc(CN2C(=O)[C@@H](CSCc3ccccc3)C[C@H]2C(C)(C)SCc2ccccc2)cc1. The van der Waals surface area contributed by atoms with Gasteiger partial charge in [-0.2, -0.15) is 11.8 Å². The largest absolute Gasteiger partial charge is 0.465 e. The van der Waals surface area contributed by atoms with Gasteiger partial charge in [-0.05, 0) is 49.1 Å². The molecule has 0 unspecified atom stereocenters. The second-order valence-electron chi connectivity index (χ2n) is 9.98. The summed E-state index contributed by atoms with van der Waals surface area (Å²) in [4.78, 5) is 27.7. The first-order valence-corrected chi connectivity index (χ1v) is 14.8. The lowest BCUT2D eigenvalue weighted by Crippen LogP contribution is -2.45. The van der Waals surface area contributed by atoms with Gasteiger partial charge < -0.3 is 9.64 Å². The molecule has 6 heteroatoms. The molecule has 1 amide bonds. The van der Waals surface area contributed by atoms with Crippen LogP contribution in [0.25, 0.3) is 0 Å². The normalized spacial score (nSPS) is 17.7. The minimum Gasteiger partial charge on any atom is -0.465 e. The predicted octanol–water partition coefficient (Wildman–Crippen LogP) is 6.84. The van der Waals surface area contributed by atoms with Crippen LogP contribution in [0, 0.1) is 5.92 Å². The number of amides is 1. The minimum atomic E-state index is -0.351. The van der Waals surface area contributed by atoms with Crippen LogP contribution in [0.3, 0.4) is 0 Å². The van der Waals surface area contributed by atoms with E-state index in [2.05, 4.69) is 67.3 Å². The summed E-state index contributed by atoms with van der Waals surface area (Å²) in [5.74, 6) is 2.53. The fraction of sp³-hybridized carbons (Fsp3) is 0.355. The first-order valence-electron chi connectivity index (χ1n) is 12.6. The zero-order valence-corrected chi connectivity index (χ0v) is 23.4. The maximum atomic E-state index is 13.7. The van der Waals surface area contributed by atoms with Gasteiger partial charge in [-0.3, -0.25) is 4.79 Å². The number of carbonyl (C=O) groups excluding carboxylic acids is 2. The Kier molecular flexibility index (Phi) is 9.38. The van der Waals surface area contributed by atoms with E-state index in [0.29, 0.717) is 12.1 Å². The van der Waals surface area contributed by atoms with Crippen molar-refractivity contribution in [3.63, 3.8) is 0 Å². The van der Waals surface area contributed by atoms with Crippen LogP contribution < -0.4 is 0 Å². The highest BCUT2D eigenvalue weighted by atomic mass is 32.2. The van der Waals surface area contributed by atoms with E-state index in [1.807, 2.05) is 47.8 Å². The van der Waals surface area contributed by atoms with E-state index in [-0.39, 0.29) is 28.6 Å². The highest BCUT2D eigenvalue weighted by Gasteiger charge is 2.46. The lowest BCUT2D eigenvalue weighted by atomic mass is 9.97. The minimum absolute atomic E-state index is 0.00431. The van der Waals surface area contributed by atoms with E-state index < -0.39 is 0 Å². The topological polar surface area (TPSA) is 46.6 Å². The average Bonchev–Trinajstić information content (AvgIpc) is 3.24. The molecule has 1 saturated heterocycles. The predicted molar refractivity (Wildman–Crippen MR) is 155 cm³/mol. The smallest absolute Gasteiger partial charge is 0.337 e. The Morgan fingerprint density at radius 1 is 0.892 bits per heavy atom. The lowest BCUT2D eigenvalue weighted by Gasteiger charge is -2.37. The number of nitrogens with zero attached hydrogens (tertiary/aromatic N) is 1. The standard InChI is InChI=1S/C31H35NO3S2/c1-31(2,37-21-25-12-8-5-9-13-25)28-18-27(22-36-20-24-10-6-4-7-11-24)29(33)32(28)19-23-14-16-26(17-15-23)30(34)35-3/h4-17,27-28H,18-22H2,1-3H3/t27-,28+/m1/s1. The number of benzene rings is 3. The molecule has 0 spiro atoms. The highest BCUT2D eigenvalue weighted by Crippen LogP contribution is 2.42. The highest BCUT2D eigenvalue weighted by molar-refractivity contribution is 8.00. The fourth-order valence-electron chi connectivity index (χ4n) is 4.77. The zero-order valence-electron chi connectivity index (χ0n) is 21.8. The molecule has 194 valence electrons. The number of hydrogen-bond donors (Lipinski definition) is 0. The van der Waals surface area contributed by atoms with Crippen LogP contribution in [0.2, 0.25) is 0 Å². The number of hydrogen-bond acceptors (Lipinski definition) is 5. The molecule has 0 N–H and O–H groups in total. The van der Waals surface area contributed by atoms with Gasteiger partial charge in [0.1, 0.15) is 0 Å². The quantitative estimate of drug-likeness (QED) is 0.253. The third-order valence-electron chi connectivity index (χ3n) is 6.93. The molecule has 0 radical (unpaired) electrons. The number of esters is 1. The second-order valence-corrected chi connectivity index (χ2v) is 12.6. The molecule has 0 bridgehead atoms. The van der Waals surface area contributed by atoms with Gasteiger partial charge in [-0.15, -0.1) is 11.8 Å². The summed E-state index contributed by atoms with van der Waals surface area (Å²) in [5.41, 5.74) is 4.12. The van der Waals surface area contributed by atoms with Crippen LogP contribution in [0.15, 0.2) is 84.9 Å². The van der Waals surface area contributed by atoms with Gasteiger partial charge in [-0.25, -0.2) is 4.79 Å². The van der Waals surface area contributed by atoms with Crippen molar-refractivity contribution in [2.75, 3.05) is 12.9 Å². The van der Waals surface area contributed by atoms with Crippen LogP contribution in [0.1, 0.15) is 47.3 Å². The summed E-state index contributed by atoms with van der Waals surface area (Å²) in [7, 11) is 1.38. The van der Waals surface area contributed by atoms with Gasteiger partial charge in [0.2, 0.25) is 5.91 Å². The summed E-state index contributed by atoms with van der Waals surface area (Å²) in [6, 6.07) is 28.5. The number of ether oxygens (including phenoxy) is 1. The van der Waals surface area contributed by atoms with E-state index in [0.717, 1.165) is 29.2 Å². The van der Waals surface area contributed by atoms with Crippen LogP contribution in [-0.4, -0.2) is 40.4 Å². The molecule has 3 aromatic carbocycles. The number of thioether (sulfide) groups is 2. The lowest BCUT2D eigenvalue weighted by molar-refractivity contribution is -0.132. The Hall–Kier alpha value is -2.70. The van der Waals surface area contributed by atoms with Crippen molar-refractivity contribution in [1.82, 2.24) is 4.90 Å². The molecule has 0 aromatic heterocycles. The Morgan fingerprint density at radius 2 is 1.49 bits per heavy atom. The van der Waals surface area contributed by atoms with Crippen LogP contribution in [0.5, 0.6) is 0 Å². The molecular formula is C31H35NO3S2. The van der Waals surface area contributed by atoms with Crippen molar-refractivity contribution in [3.8, 4) is 0 Å². The monoisotopic (exact) mass is 533 g/mol. The van der Waals surface area contributed by atoms with E-state index in [4.69, 9.17) is 4.74 Å². The summed E-state index contributed by atoms with van der Waals surface area (Å²) in [6.07, 6.45) is 0.857. The molecule has 1 fully saturated rings. The molecule has 37 heavy (non-hydrogen) atoms. The first-order chi connectivity index (χ1) is 17.9. The van der Waals surface area contributed by atoms with E-state index in [1.165, 1.54) is 18.2 Å². The molecule has 1 heterocycles. The Morgan fingerprint density at radius 3 is 2.08 bits per heavy atom. The number of rotatable bonds is 11. The maximum absolute atomic E-state index is 13.7. The fourth-order valence-corrected chi connectivity index (χ4v) is 7.02. The van der Waals surface area contributed by atoms with Gasteiger partial charge in [-0.1, -0.05) is 72.8 Å². The van der Waals surface area contributed by atoms with Crippen molar-refractivity contribution in [1.29, 1.82) is 0 Å². The summed E-state index contributed by atoms with van der Waals surface area (Å²) >= 11 is 3.76. The van der Waals surface area contributed by atoms with Crippen LogP contribution in [-0.2, 0) is 27.6 Å². The summed E-state index contributed by atoms with van der Waals surface area (Å²) in [6.45, 7) is 5.08. The van der Waals surface area contributed by atoms with Crippen molar-refractivity contribution in [2.45, 2.75) is 49.1 Å². The first kappa shape index (κ1) is 27.3. The number of methoxy groups -OCH3 is 1. The van der Waals surface area contributed by atoms with Crippen LogP contribution >= 0.6 is 23.5 Å². The van der Waals surface area contributed by atoms with Gasteiger partial charge >= 0.3 is 5.97 Å². The maximum Gasteiger partial charge on any atom is 0.337 e. The third-order valence-corrected chi connectivity index (χ3v) is 9.60. The summed E-state index contributed by atoms with van der Waals surface area (Å²) in [5, 5.41) is 0. The van der Waals surface area contributed by atoms with Crippen LogP contribution in [0.4, 0.5) is 0 Å². The summed E-state index contributed by atoms with van der Waals surface area (Å²) < 4.78 is 4.71. The molecule has 4 nitrogen and oxygen atoms in total. The molecule has 3 aromatic rings. The van der Waals surface area contributed by atoms with Gasteiger partial charge in [0.25, 0.3) is 0 Å². The van der Waals surface area contributed by atoms with Crippen molar-refractivity contribution < 1.29 is 14.3 Å². The van der Waals surface area contributed by atoms with Crippen molar-refractivity contribution in [3.05, 3.63) is 107 Å². The average molecular weight is 534 g/mol. The molecule has 1 aliphatic rings. The number of likely N-dealkylation sites (tertiary alicyclic amines) is 1. The molecular weight excluding hydrogens is 498 g/mol. The third kappa shape index (κ3) is 7.20. The van der Waals surface area contributed by atoms with Gasteiger partial charge in [0.05, 0.1) is 12.7 Å². The number of carbonyl (C=O) groups is 2. The van der Waals surface area contributed by atoms with E-state index in [1.54, 1.807) is 12.1 Å². The Balaban J connectivity index is 1.48. The Labute approximate surface area is 229 Å². The molecule has 0 saturated carbocycles. The molecule has 4 rings (SSSR count). The van der Waals surface area contributed by atoms with E-state index in [9.17, 15) is 9.59 Å². The second kappa shape index (κ2) is 12.7. The van der Waals surface area contributed by atoms with Crippen molar-refractivity contribution in [2.24, 2.45) is 5.92 Å². The van der Waals surface area contributed by atoms with Gasteiger partial charge in [0.15, 0.2) is 0 Å². The Bertz CT molecular complexity index is 1170. The molecule has 1 aliphatic heterocycles. The zero-order chi connectivity index (χ0) is 26.3. The van der Waals surface area contributed by atoms with E-state index >= 15 is 0 Å². The van der Waals surface area contributed by atoms with Crippen molar-refractivity contribution >= 4 is 35.4 Å². The van der Waals surface area contributed by atoms with Gasteiger partial charge in [0, 0.05) is 40.5 Å². The molecule has 0 aliphatic carbocycles.